The van der Waals surface area contributed by atoms with Crippen LogP contribution >= 0.6 is 0 Å². The molecule has 2 aromatic carbocycles. The van der Waals surface area contributed by atoms with Crippen LogP contribution in [0.4, 0.5) is 0 Å². The fourth-order valence-electron chi connectivity index (χ4n) is 2.33. The maximum absolute atomic E-state index is 12.6. The molecule has 128 valence electrons. The third kappa shape index (κ3) is 3.63. The van der Waals surface area contributed by atoms with Crippen molar-refractivity contribution in [2.75, 3.05) is 6.61 Å². The van der Waals surface area contributed by atoms with Crippen LogP contribution in [0.15, 0.2) is 51.9 Å². The predicted molar refractivity (Wildman–Crippen MR) is 91.6 cm³/mol. The number of fused-ring (bicyclic) bond motifs is 1. The molecule has 3 rings (SSSR count). The van der Waals surface area contributed by atoms with Crippen LogP contribution in [0.5, 0.6) is 17.2 Å². The van der Waals surface area contributed by atoms with E-state index in [1.165, 1.54) is 24.5 Å². The Hall–Kier alpha value is -3.28. The second-order valence-corrected chi connectivity index (χ2v) is 5.64. The molecule has 3 aromatic rings. The van der Waals surface area contributed by atoms with Crippen LogP contribution in [0.25, 0.3) is 11.0 Å². The van der Waals surface area contributed by atoms with Crippen LogP contribution in [-0.2, 0) is 4.79 Å². The lowest BCUT2D eigenvalue weighted by Crippen LogP contribution is -2.10. The van der Waals surface area contributed by atoms with Crippen molar-refractivity contribution in [1.29, 1.82) is 0 Å². The molecule has 0 atom stereocenters. The van der Waals surface area contributed by atoms with E-state index >= 15 is 0 Å². The lowest BCUT2D eigenvalue weighted by Gasteiger charge is -2.09. The summed E-state index contributed by atoms with van der Waals surface area (Å²) in [7, 11) is 0. The van der Waals surface area contributed by atoms with Crippen molar-refractivity contribution >= 4 is 16.9 Å². The Morgan fingerprint density at radius 2 is 1.92 bits per heavy atom. The van der Waals surface area contributed by atoms with Gasteiger partial charge in [-0.05, 0) is 43.2 Å². The Morgan fingerprint density at radius 3 is 2.68 bits per heavy atom. The quantitative estimate of drug-likeness (QED) is 0.763. The number of carboxylic acid groups (broad SMARTS) is 1. The number of aliphatic carboxylic acids is 1. The van der Waals surface area contributed by atoms with E-state index < -0.39 is 12.6 Å². The van der Waals surface area contributed by atoms with E-state index in [1.807, 2.05) is 32.0 Å². The van der Waals surface area contributed by atoms with Gasteiger partial charge in [0, 0.05) is 6.07 Å². The van der Waals surface area contributed by atoms with Crippen LogP contribution in [0.2, 0.25) is 0 Å². The van der Waals surface area contributed by atoms with Gasteiger partial charge in [-0.15, -0.1) is 0 Å². The first-order chi connectivity index (χ1) is 11.9. The summed E-state index contributed by atoms with van der Waals surface area (Å²) in [5.41, 5.74) is 1.90. The first-order valence-corrected chi connectivity index (χ1v) is 7.59. The fourth-order valence-corrected chi connectivity index (χ4v) is 2.33. The maximum Gasteiger partial charge on any atom is 0.341 e. The molecule has 0 spiro atoms. The van der Waals surface area contributed by atoms with E-state index in [-0.39, 0.29) is 11.2 Å². The van der Waals surface area contributed by atoms with Gasteiger partial charge in [0.15, 0.2) is 6.61 Å². The van der Waals surface area contributed by atoms with Gasteiger partial charge in [-0.1, -0.05) is 12.1 Å². The zero-order chi connectivity index (χ0) is 18.0. The molecule has 0 unspecified atom stereocenters. The van der Waals surface area contributed by atoms with Crippen molar-refractivity contribution in [2.45, 2.75) is 13.8 Å². The van der Waals surface area contributed by atoms with Crippen molar-refractivity contribution in [3.63, 3.8) is 0 Å². The zero-order valence-corrected chi connectivity index (χ0v) is 13.7. The molecule has 25 heavy (non-hydrogen) atoms. The normalized spacial score (nSPS) is 10.6. The van der Waals surface area contributed by atoms with Gasteiger partial charge in [0.2, 0.25) is 11.2 Å². The smallest absolute Gasteiger partial charge is 0.341 e. The summed E-state index contributed by atoms with van der Waals surface area (Å²) in [6, 6.07) is 10.2. The van der Waals surface area contributed by atoms with Gasteiger partial charge in [-0.2, -0.15) is 0 Å². The summed E-state index contributed by atoms with van der Waals surface area (Å²) in [5.74, 6) is -0.103. The number of aryl methyl sites for hydroxylation is 2. The molecular weight excluding hydrogens is 324 g/mol. The summed E-state index contributed by atoms with van der Waals surface area (Å²) in [5, 5.41) is 8.96. The van der Waals surface area contributed by atoms with Crippen molar-refractivity contribution in [2.24, 2.45) is 0 Å². The molecular formula is C19H16O6. The number of ether oxygens (including phenoxy) is 2. The second kappa shape index (κ2) is 6.68. The Bertz CT molecular complexity index is 1000. The minimum Gasteiger partial charge on any atom is -0.482 e. The van der Waals surface area contributed by atoms with Crippen molar-refractivity contribution < 1.29 is 23.8 Å². The number of hydrogen-bond donors (Lipinski definition) is 1. The van der Waals surface area contributed by atoms with E-state index in [0.29, 0.717) is 22.5 Å². The van der Waals surface area contributed by atoms with E-state index in [4.69, 9.17) is 19.0 Å². The molecule has 1 heterocycles. The predicted octanol–water partition coefficient (Wildman–Crippen LogP) is 3.67. The minimum atomic E-state index is -1.08. The van der Waals surface area contributed by atoms with Crippen molar-refractivity contribution in [3.8, 4) is 17.2 Å². The molecule has 0 fully saturated rings. The summed E-state index contributed by atoms with van der Waals surface area (Å²) in [4.78, 5) is 23.1. The molecule has 0 aliphatic carbocycles. The highest BCUT2D eigenvalue weighted by atomic mass is 16.5. The average Bonchev–Trinajstić information content (AvgIpc) is 2.58. The summed E-state index contributed by atoms with van der Waals surface area (Å²) in [6.45, 7) is 3.36. The van der Waals surface area contributed by atoms with Crippen LogP contribution in [0.1, 0.15) is 11.1 Å². The number of carbonyl (C=O) groups is 1. The van der Waals surface area contributed by atoms with Gasteiger partial charge in [0.1, 0.15) is 23.3 Å². The summed E-state index contributed by atoms with van der Waals surface area (Å²) >= 11 is 0. The minimum absolute atomic E-state index is 0.0837. The van der Waals surface area contributed by atoms with Gasteiger partial charge in [-0.3, -0.25) is 4.79 Å². The van der Waals surface area contributed by atoms with Gasteiger partial charge >= 0.3 is 5.97 Å². The fraction of sp³-hybridized carbons (Fsp3) is 0.158. The Kier molecular flexibility index (Phi) is 4.43. The number of benzene rings is 2. The SMILES string of the molecule is Cc1ccc(C)c(Oc2coc3cc(OCC(=O)O)ccc3c2=O)c1. The Balaban J connectivity index is 1.94. The van der Waals surface area contributed by atoms with E-state index in [0.717, 1.165) is 11.1 Å². The lowest BCUT2D eigenvalue weighted by molar-refractivity contribution is -0.139. The highest BCUT2D eigenvalue weighted by molar-refractivity contribution is 5.79. The third-order valence-corrected chi connectivity index (χ3v) is 3.64. The highest BCUT2D eigenvalue weighted by Gasteiger charge is 2.12. The molecule has 0 radical (unpaired) electrons. The first kappa shape index (κ1) is 16.6. The van der Waals surface area contributed by atoms with Crippen LogP contribution in [-0.4, -0.2) is 17.7 Å². The number of hydrogen-bond acceptors (Lipinski definition) is 5. The standard InChI is InChI=1S/C19H16O6/c1-11-3-4-12(2)15(7-11)25-17-9-24-16-8-13(23-10-18(20)21)5-6-14(16)19(17)22/h3-9H,10H2,1-2H3,(H,20,21). The lowest BCUT2D eigenvalue weighted by atomic mass is 10.1. The monoisotopic (exact) mass is 340 g/mol. The molecule has 0 bridgehead atoms. The van der Waals surface area contributed by atoms with E-state index in [1.54, 1.807) is 0 Å². The molecule has 0 amide bonds. The van der Waals surface area contributed by atoms with Gasteiger partial charge < -0.3 is 19.0 Å². The molecule has 1 N–H and O–H groups in total. The summed E-state index contributed by atoms with van der Waals surface area (Å²) < 4.78 is 16.3. The molecule has 6 nitrogen and oxygen atoms in total. The zero-order valence-electron chi connectivity index (χ0n) is 13.7. The van der Waals surface area contributed by atoms with Crippen LogP contribution in [0.3, 0.4) is 0 Å². The van der Waals surface area contributed by atoms with Gasteiger partial charge in [0.05, 0.1) is 5.39 Å². The molecule has 6 heteroatoms. The molecule has 0 aliphatic rings. The first-order valence-electron chi connectivity index (χ1n) is 7.59. The van der Waals surface area contributed by atoms with Gasteiger partial charge in [0.25, 0.3) is 0 Å². The second-order valence-electron chi connectivity index (χ2n) is 5.64. The maximum atomic E-state index is 12.6. The molecule has 0 aliphatic heterocycles. The molecule has 0 saturated heterocycles. The van der Waals surface area contributed by atoms with Crippen molar-refractivity contribution in [3.05, 3.63) is 64.0 Å². The summed E-state index contributed by atoms with van der Waals surface area (Å²) in [6.07, 6.45) is 1.24. The number of rotatable bonds is 5. The van der Waals surface area contributed by atoms with E-state index in [2.05, 4.69) is 0 Å². The van der Waals surface area contributed by atoms with E-state index in [9.17, 15) is 9.59 Å². The average molecular weight is 340 g/mol. The highest BCUT2D eigenvalue weighted by Crippen LogP contribution is 2.26. The third-order valence-electron chi connectivity index (χ3n) is 3.64. The van der Waals surface area contributed by atoms with Crippen molar-refractivity contribution in [1.82, 2.24) is 0 Å². The number of carboxylic acids is 1. The topological polar surface area (TPSA) is 86.0 Å². The molecule has 1 aromatic heterocycles. The Morgan fingerprint density at radius 1 is 1.12 bits per heavy atom. The Labute approximate surface area is 143 Å². The largest absolute Gasteiger partial charge is 0.482 e. The molecule has 0 saturated carbocycles. The van der Waals surface area contributed by atoms with Crippen LogP contribution in [0, 0.1) is 13.8 Å². The van der Waals surface area contributed by atoms with Gasteiger partial charge in [-0.25, -0.2) is 4.79 Å². The van der Waals surface area contributed by atoms with Crippen LogP contribution < -0.4 is 14.9 Å².